The molecule has 0 spiro atoms. The average Bonchev–Trinajstić information content (AvgIpc) is 3.37. The van der Waals surface area contributed by atoms with Gasteiger partial charge in [-0.1, -0.05) is 11.6 Å². The van der Waals surface area contributed by atoms with Gasteiger partial charge in [0.2, 0.25) is 16.8 Å². The van der Waals surface area contributed by atoms with Crippen LogP contribution >= 0.6 is 11.6 Å². The molecule has 2 aromatic rings. The van der Waals surface area contributed by atoms with E-state index in [9.17, 15) is 13.2 Å². The lowest BCUT2D eigenvalue weighted by molar-refractivity contribution is -0.124. The fourth-order valence-electron chi connectivity index (χ4n) is 3.27. The van der Waals surface area contributed by atoms with Crippen molar-refractivity contribution < 1.29 is 22.7 Å². The lowest BCUT2D eigenvalue weighted by Crippen LogP contribution is -2.44. The van der Waals surface area contributed by atoms with Crippen LogP contribution in [0.1, 0.15) is 18.4 Å². The molecule has 2 aliphatic rings. The number of ether oxygens (including phenoxy) is 2. The predicted molar refractivity (Wildman–Crippen MR) is 107 cm³/mol. The highest BCUT2D eigenvalue weighted by Gasteiger charge is 2.39. The zero-order chi connectivity index (χ0) is 20.4. The van der Waals surface area contributed by atoms with E-state index in [1.807, 2.05) is 0 Å². The predicted octanol–water partition coefficient (Wildman–Crippen LogP) is 2.37. The van der Waals surface area contributed by atoms with Crippen molar-refractivity contribution in [1.29, 1.82) is 0 Å². The van der Waals surface area contributed by atoms with Crippen LogP contribution in [0.15, 0.2) is 52.5 Å². The highest BCUT2D eigenvalue weighted by molar-refractivity contribution is 7.89. The third kappa shape index (κ3) is 4.07. The van der Waals surface area contributed by atoms with Crippen LogP contribution in [-0.2, 0) is 14.8 Å². The fourth-order valence-corrected chi connectivity index (χ4v) is 5.05. The Morgan fingerprint density at radius 2 is 1.93 bits per heavy atom. The summed E-state index contributed by atoms with van der Waals surface area (Å²) in [6.07, 6.45) is 2.49. The second-order valence-electron chi connectivity index (χ2n) is 6.57. The molecule has 0 saturated carbocycles. The van der Waals surface area contributed by atoms with Gasteiger partial charge in [0.05, 0.1) is 11.1 Å². The Balaban J connectivity index is 1.44. The Labute approximate surface area is 173 Å². The maximum atomic E-state index is 12.9. The SMILES string of the molecule is O=C(N/N=C\c1ccc2c(c1)OCO2)[C@H]1CCCN1S(=O)(=O)c1ccc(Cl)cc1. The number of amides is 1. The largest absolute Gasteiger partial charge is 0.454 e. The van der Waals surface area contributed by atoms with E-state index in [0.29, 0.717) is 34.9 Å². The minimum Gasteiger partial charge on any atom is -0.454 e. The molecule has 0 radical (unpaired) electrons. The van der Waals surface area contributed by atoms with Gasteiger partial charge >= 0.3 is 0 Å². The molecule has 0 aromatic heterocycles. The summed E-state index contributed by atoms with van der Waals surface area (Å²) in [7, 11) is -3.80. The van der Waals surface area contributed by atoms with Crippen LogP contribution in [0.4, 0.5) is 0 Å². The number of hydrogen-bond acceptors (Lipinski definition) is 6. The normalized spacial score (nSPS) is 19.0. The zero-order valence-electron chi connectivity index (χ0n) is 15.2. The van der Waals surface area contributed by atoms with E-state index in [1.165, 1.54) is 34.8 Å². The van der Waals surface area contributed by atoms with E-state index >= 15 is 0 Å². The number of fused-ring (bicyclic) bond motifs is 1. The van der Waals surface area contributed by atoms with Gasteiger partial charge in [-0.2, -0.15) is 9.41 Å². The van der Waals surface area contributed by atoms with Gasteiger partial charge in [0.15, 0.2) is 11.5 Å². The van der Waals surface area contributed by atoms with Gasteiger partial charge in [-0.25, -0.2) is 13.8 Å². The van der Waals surface area contributed by atoms with Gasteiger partial charge in [0.1, 0.15) is 6.04 Å². The molecule has 8 nitrogen and oxygen atoms in total. The van der Waals surface area contributed by atoms with Gasteiger partial charge < -0.3 is 9.47 Å². The quantitative estimate of drug-likeness (QED) is 0.574. The number of rotatable bonds is 5. The lowest BCUT2D eigenvalue weighted by atomic mass is 10.2. The highest BCUT2D eigenvalue weighted by atomic mass is 35.5. The molecule has 1 saturated heterocycles. The van der Waals surface area contributed by atoms with Crippen molar-refractivity contribution in [3.63, 3.8) is 0 Å². The summed E-state index contributed by atoms with van der Waals surface area (Å²) in [6.45, 7) is 0.446. The van der Waals surface area contributed by atoms with E-state index in [4.69, 9.17) is 21.1 Å². The van der Waals surface area contributed by atoms with Crippen molar-refractivity contribution in [2.75, 3.05) is 13.3 Å². The first-order chi connectivity index (χ1) is 13.9. The van der Waals surface area contributed by atoms with E-state index < -0.39 is 22.0 Å². The van der Waals surface area contributed by atoms with Crippen molar-refractivity contribution in [1.82, 2.24) is 9.73 Å². The molecule has 2 heterocycles. The standard InChI is InChI=1S/C19H18ClN3O5S/c20-14-4-6-15(7-5-14)29(25,26)23-9-1-2-16(23)19(24)22-21-11-13-3-8-17-18(10-13)28-12-27-17/h3-8,10-11,16H,1-2,9,12H2,(H,22,24)/b21-11-/t16-/m1/s1. The first-order valence-electron chi connectivity index (χ1n) is 8.95. The Kier molecular flexibility index (Phi) is 5.44. The molecule has 1 amide bonds. The van der Waals surface area contributed by atoms with Crippen LogP contribution in [0.2, 0.25) is 5.02 Å². The second kappa shape index (κ2) is 8.02. The van der Waals surface area contributed by atoms with Crippen molar-refractivity contribution in [3.8, 4) is 11.5 Å². The summed E-state index contributed by atoms with van der Waals surface area (Å²) in [4.78, 5) is 12.7. The Morgan fingerprint density at radius 3 is 2.72 bits per heavy atom. The third-order valence-corrected chi connectivity index (χ3v) is 6.89. The second-order valence-corrected chi connectivity index (χ2v) is 8.90. The topological polar surface area (TPSA) is 97.3 Å². The smallest absolute Gasteiger partial charge is 0.258 e. The first kappa shape index (κ1) is 19.7. The van der Waals surface area contributed by atoms with Gasteiger partial charge in [-0.05, 0) is 60.9 Å². The number of benzene rings is 2. The number of halogens is 1. The number of carbonyl (C=O) groups is 1. The van der Waals surface area contributed by atoms with Crippen LogP contribution in [-0.4, -0.2) is 44.2 Å². The summed E-state index contributed by atoms with van der Waals surface area (Å²) in [5.41, 5.74) is 3.15. The van der Waals surface area contributed by atoms with Crippen LogP contribution in [0.5, 0.6) is 11.5 Å². The number of carbonyl (C=O) groups excluding carboxylic acids is 1. The summed E-state index contributed by atoms with van der Waals surface area (Å²) in [5.74, 6) is 0.786. The van der Waals surface area contributed by atoms with Crippen molar-refractivity contribution in [2.24, 2.45) is 5.10 Å². The molecule has 0 aliphatic carbocycles. The molecule has 4 rings (SSSR count). The molecule has 152 valence electrons. The minimum absolute atomic E-state index is 0.102. The molecule has 0 bridgehead atoms. The molecule has 2 aromatic carbocycles. The molecule has 1 fully saturated rings. The third-order valence-electron chi connectivity index (χ3n) is 4.71. The maximum absolute atomic E-state index is 12.9. The monoisotopic (exact) mass is 435 g/mol. The molecule has 2 aliphatic heterocycles. The molecular weight excluding hydrogens is 418 g/mol. The number of hydrazone groups is 1. The van der Waals surface area contributed by atoms with Gasteiger partial charge in [0.25, 0.3) is 5.91 Å². The van der Waals surface area contributed by atoms with E-state index in [-0.39, 0.29) is 18.2 Å². The van der Waals surface area contributed by atoms with Gasteiger partial charge in [0, 0.05) is 11.6 Å². The number of sulfonamides is 1. The Hall–Kier alpha value is -2.62. The molecule has 10 heteroatoms. The van der Waals surface area contributed by atoms with Gasteiger partial charge in [-0.15, -0.1) is 0 Å². The fraction of sp³-hybridized carbons (Fsp3) is 0.263. The lowest BCUT2D eigenvalue weighted by Gasteiger charge is -2.22. The molecule has 29 heavy (non-hydrogen) atoms. The van der Waals surface area contributed by atoms with Crippen LogP contribution in [0.25, 0.3) is 0 Å². The first-order valence-corrected chi connectivity index (χ1v) is 10.8. The molecular formula is C19H18ClN3O5S. The Morgan fingerprint density at radius 1 is 1.17 bits per heavy atom. The van der Waals surface area contributed by atoms with Crippen LogP contribution in [0, 0.1) is 0 Å². The highest BCUT2D eigenvalue weighted by Crippen LogP contribution is 2.32. The number of hydrogen-bond donors (Lipinski definition) is 1. The summed E-state index contributed by atoms with van der Waals surface area (Å²) < 4.78 is 37.6. The molecule has 1 N–H and O–H groups in total. The summed E-state index contributed by atoms with van der Waals surface area (Å²) in [6, 6.07) is 10.3. The summed E-state index contributed by atoms with van der Waals surface area (Å²) in [5, 5.41) is 4.39. The van der Waals surface area contributed by atoms with Crippen molar-refractivity contribution >= 4 is 33.7 Å². The van der Waals surface area contributed by atoms with Gasteiger partial charge in [-0.3, -0.25) is 4.79 Å². The van der Waals surface area contributed by atoms with Crippen molar-refractivity contribution in [2.45, 2.75) is 23.8 Å². The van der Waals surface area contributed by atoms with Crippen LogP contribution in [0.3, 0.4) is 0 Å². The van der Waals surface area contributed by atoms with Crippen LogP contribution < -0.4 is 14.9 Å². The van der Waals surface area contributed by atoms with E-state index in [2.05, 4.69) is 10.5 Å². The van der Waals surface area contributed by atoms with E-state index in [0.717, 1.165) is 0 Å². The number of nitrogens with one attached hydrogen (secondary N) is 1. The van der Waals surface area contributed by atoms with E-state index in [1.54, 1.807) is 18.2 Å². The average molecular weight is 436 g/mol. The Bertz CT molecular complexity index is 1060. The number of nitrogens with zero attached hydrogens (tertiary/aromatic N) is 2. The minimum atomic E-state index is -3.80. The summed E-state index contributed by atoms with van der Waals surface area (Å²) >= 11 is 5.84. The maximum Gasteiger partial charge on any atom is 0.258 e. The zero-order valence-corrected chi connectivity index (χ0v) is 16.8. The molecule has 1 atom stereocenters. The molecule has 0 unspecified atom stereocenters. The van der Waals surface area contributed by atoms with Crippen molar-refractivity contribution in [3.05, 3.63) is 53.1 Å².